The number of aliphatic carboxylic acids is 1. The number of carbonyl (C=O) groups excluding carboxylic acids is 2. The van der Waals surface area contributed by atoms with Crippen molar-refractivity contribution in [3.05, 3.63) is 22.6 Å². The van der Waals surface area contributed by atoms with Crippen LogP contribution in [0, 0.1) is 0 Å². The zero-order valence-electron chi connectivity index (χ0n) is 17.7. The maximum Gasteiger partial charge on any atom is 0.352 e. The van der Waals surface area contributed by atoms with E-state index < -0.39 is 29.2 Å². The van der Waals surface area contributed by atoms with Gasteiger partial charge in [0, 0.05) is 23.0 Å². The normalized spacial score (nSPS) is 20.3. The van der Waals surface area contributed by atoms with E-state index in [1.807, 2.05) is 0 Å². The molecule has 17 heteroatoms. The van der Waals surface area contributed by atoms with Gasteiger partial charge in [-0.3, -0.25) is 14.5 Å². The maximum atomic E-state index is 12.9. The SMILES string of the molecule is CC(C)ON=C(C(=O)NC1C(=O)N2C(C(=O)O)=C(CSc3nncs3)CS[C@@H]12)c1nsc(N)n1. The number of carbonyl (C=O) groups is 3. The molecule has 2 aliphatic rings. The zero-order chi connectivity index (χ0) is 24.4. The van der Waals surface area contributed by atoms with Crippen molar-refractivity contribution in [2.75, 3.05) is 17.2 Å². The predicted octanol–water partition coefficient (Wildman–Crippen LogP) is 0.632. The second kappa shape index (κ2) is 10.2. The summed E-state index contributed by atoms with van der Waals surface area (Å²) in [6, 6.07) is -0.940. The Bertz CT molecular complexity index is 1160. The van der Waals surface area contributed by atoms with Gasteiger partial charge < -0.3 is 21.0 Å². The molecule has 2 aliphatic heterocycles. The third kappa shape index (κ3) is 5.01. The minimum absolute atomic E-state index is 0.0253. The highest BCUT2D eigenvalue weighted by atomic mass is 32.2. The molecule has 1 unspecified atom stereocenters. The summed E-state index contributed by atoms with van der Waals surface area (Å²) in [5, 5.41) is 23.5. The van der Waals surface area contributed by atoms with Crippen LogP contribution in [0.25, 0.3) is 0 Å². The largest absolute Gasteiger partial charge is 0.477 e. The van der Waals surface area contributed by atoms with Crippen molar-refractivity contribution in [2.24, 2.45) is 5.16 Å². The molecule has 2 amide bonds. The fourth-order valence-corrected chi connectivity index (χ4v) is 6.46. The van der Waals surface area contributed by atoms with Gasteiger partial charge in [-0.15, -0.1) is 22.0 Å². The Balaban J connectivity index is 1.50. The molecule has 0 aliphatic carbocycles. The Hall–Kier alpha value is -2.76. The molecule has 2 aromatic heterocycles. The van der Waals surface area contributed by atoms with Crippen LogP contribution in [0.15, 0.2) is 26.3 Å². The van der Waals surface area contributed by atoms with Crippen molar-refractivity contribution in [1.82, 2.24) is 29.8 Å². The molecule has 13 nitrogen and oxygen atoms in total. The monoisotopic (exact) mass is 542 g/mol. The molecule has 180 valence electrons. The van der Waals surface area contributed by atoms with Gasteiger partial charge >= 0.3 is 5.97 Å². The lowest BCUT2D eigenvalue weighted by Gasteiger charge is -2.49. The molecule has 4 rings (SSSR count). The van der Waals surface area contributed by atoms with Gasteiger partial charge in [-0.05, 0) is 19.4 Å². The summed E-state index contributed by atoms with van der Waals surface area (Å²) >= 11 is 4.96. The van der Waals surface area contributed by atoms with E-state index >= 15 is 0 Å². The Labute approximate surface area is 209 Å². The van der Waals surface area contributed by atoms with E-state index in [0.717, 1.165) is 11.5 Å². The summed E-state index contributed by atoms with van der Waals surface area (Å²) in [5.74, 6) is -1.74. The molecule has 2 aromatic rings. The number of hydrogen-bond acceptors (Lipinski definition) is 14. The Morgan fingerprint density at radius 3 is 2.88 bits per heavy atom. The molecule has 4 heterocycles. The standard InChI is InChI=1S/C17H18N8O5S4/c1-6(2)30-23-8(11-21-16(18)34-24-11)12(26)20-9-13(27)25-10(15(28)29)7(3-31-14(9)25)4-32-17-22-19-5-33-17/h5-6,9,14H,3-4H2,1-2H3,(H,20,26)(H,28,29)(H2,18,21,24)/t9?,14-/m0/s1. The van der Waals surface area contributed by atoms with E-state index in [1.165, 1.54) is 39.8 Å². The zero-order valence-corrected chi connectivity index (χ0v) is 21.0. The highest BCUT2D eigenvalue weighted by Gasteiger charge is 2.54. The number of hydrogen-bond donors (Lipinski definition) is 3. The smallest absolute Gasteiger partial charge is 0.352 e. The van der Waals surface area contributed by atoms with Crippen LogP contribution in [0.2, 0.25) is 0 Å². The van der Waals surface area contributed by atoms with Gasteiger partial charge in [-0.2, -0.15) is 9.36 Å². The number of nitrogens with zero attached hydrogens (tertiary/aromatic N) is 6. The molecule has 0 bridgehead atoms. The molecular weight excluding hydrogens is 525 g/mol. The van der Waals surface area contributed by atoms with E-state index in [9.17, 15) is 19.5 Å². The minimum atomic E-state index is -1.20. The van der Waals surface area contributed by atoms with Gasteiger partial charge in [0.1, 0.15) is 28.7 Å². The lowest BCUT2D eigenvalue weighted by atomic mass is 10.0. The Morgan fingerprint density at radius 2 is 2.26 bits per heavy atom. The highest BCUT2D eigenvalue weighted by Crippen LogP contribution is 2.41. The maximum absolute atomic E-state index is 12.9. The summed E-state index contributed by atoms with van der Waals surface area (Å²) < 4.78 is 4.70. The van der Waals surface area contributed by atoms with Gasteiger partial charge in [-0.1, -0.05) is 28.3 Å². The molecule has 0 aromatic carbocycles. The number of β-lactam (4-membered cyclic amide) rings is 1. The number of nitrogen functional groups attached to an aromatic ring is 1. The first kappa shape index (κ1) is 24.4. The summed E-state index contributed by atoms with van der Waals surface area (Å²) in [6.45, 7) is 3.46. The minimum Gasteiger partial charge on any atom is -0.477 e. The molecule has 4 N–H and O–H groups in total. The predicted molar refractivity (Wildman–Crippen MR) is 127 cm³/mol. The first-order chi connectivity index (χ1) is 16.3. The fraction of sp³-hybridized carbons (Fsp3) is 0.412. The van der Waals surface area contributed by atoms with Crippen LogP contribution in [0.1, 0.15) is 19.7 Å². The molecule has 1 fully saturated rings. The van der Waals surface area contributed by atoms with Crippen molar-refractivity contribution in [2.45, 2.75) is 35.7 Å². The summed E-state index contributed by atoms with van der Waals surface area (Å²) in [6.07, 6.45) is -0.312. The molecule has 34 heavy (non-hydrogen) atoms. The second-order valence-corrected chi connectivity index (χ2v) is 11.1. The number of carboxylic acids is 1. The van der Waals surface area contributed by atoms with E-state index in [-0.39, 0.29) is 28.5 Å². The van der Waals surface area contributed by atoms with E-state index in [4.69, 9.17) is 10.6 Å². The van der Waals surface area contributed by atoms with E-state index in [0.29, 0.717) is 21.4 Å². The van der Waals surface area contributed by atoms with Crippen molar-refractivity contribution >= 4 is 75.0 Å². The number of nitrogens with one attached hydrogen (secondary N) is 1. The van der Waals surface area contributed by atoms with Crippen LogP contribution in [-0.4, -0.2) is 82.1 Å². The number of anilines is 1. The van der Waals surface area contributed by atoms with Gasteiger partial charge in [0.25, 0.3) is 11.8 Å². The van der Waals surface area contributed by atoms with Gasteiger partial charge in [0.05, 0.1) is 0 Å². The number of fused-ring (bicyclic) bond motifs is 1. The second-order valence-electron chi connectivity index (χ2n) is 7.16. The quantitative estimate of drug-likeness (QED) is 0.174. The van der Waals surface area contributed by atoms with Crippen LogP contribution in [0.5, 0.6) is 0 Å². The number of nitrogens with two attached hydrogens (primary N) is 1. The van der Waals surface area contributed by atoms with Crippen LogP contribution >= 0.6 is 46.4 Å². The van der Waals surface area contributed by atoms with Gasteiger partial charge in [-0.25, -0.2) is 4.79 Å². The number of rotatable bonds is 9. The summed E-state index contributed by atoms with van der Waals surface area (Å²) in [4.78, 5) is 48.2. The molecular formula is C17H18N8O5S4. The first-order valence-corrected chi connectivity index (χ1v) is 13.4. The topological polar surface area (TPSA) is 186 Å². The molecule has 0 radical (unpaired) electrons. The lowest BCUT2D eigenvalue weighted by Crippen LogP contribution is -2.71. The average Bonchev–Trinajstić information content (AvgIpc) is 3.47. The average molecular weight is 543 g/mol. The molecule has 2 atom stereocenters. The van der Waals surface area contributed by atoms with Crippen LogP contribution in [0.4, 0.5) is 5.13 Å². The van der Waals surface area contributed by atoms with Gasteiger partial charge in [0.15, 0.2) is 9.47 Å². The van der Waals surface area contributed by atoms with Crippen molar-refractivity contribution in [3.8, 4) is 0 Å². The van der Waals surface area contributed by atoms with Crippen molar-refractivity contribution in [1.29, 1.82) is 0 Å². The number of thioether (sulfide) groups is 2. The number of amides is 2. The number of carboxylic acid groups (broad SMARTS) is 1. The third-order valence-corrected chi connectivity index (χ3v) is 8.30. The van der Waals surface area contributed by atoms with Crippen LogP contribution in [-0.2, 0) is 19.2 Å². The first-order valence-electron chi connectivity index (χ1n) is 9.69. The van der Waals surface area contributed by atoms with Crippen molar-refractivity contribution < 1.29 is 24.3 Å². The number of oxime groups is 1. The summed E-state index contributed by atoms with van der Waals surface area (Å²) in [7, 11) is 0. The molecule has 1 saturated heterocycles. The third-order valence-electron chi connectivity index (χ3n) is 4.47. The molecule has 0 saturated carbocycles. The van der Waals surface area contributed by atoms with E-state index in [2.05, 4.69) is 30.0 Å². The highest BCUT2D eigenvalue weighted by molar-refractivity contribution is 8.01. The Morgan fingerprint density at radius 1 is 1.47 bits per heavy atom. The number of aromatic nitrogens is 4. The van der Waals surface area contributed by atoms with Crippen LogP contribution < -0.4 is 11.1 Å². The summed E-state index contributed by atoms with van der Waals surface area (Å²) in [5.41, 5.74) is 7.51. The Kier molecular flexibility index (Phi) is 7.34. The fourth-order valence-electron chi connectivity index (χ4n) is 3.05. The molecule has 0 spiro atoms. The van der Waals surface area contributed by atoms with Crippen LogP contribution in [0.3, 0.4) is 0 Å². The van der Waals surface area contributed by atoms with Crippen molar-refractivity contribution in [3.63, 3.8) is 0 Å². The van der Waals surface area contributed by atoms with Gasteiger partial charge in [0.2, 0.25) is 11.5 Å². The lowest BCUT2D eigenvalue weighted by molar-refractivity contribution is -0.150. The van der Waals surface area contributed by atoms with E-state index in [1.54, 1.807) is 19.4 Å².